The number of halogens is 1. The molecule has 2 rings (SSSR count). The lowest BCUT2D eigenvalue weighted by Crippen LogP contribution is -2.22. The molecule has 118 valence electrons. The lowest BCUT2D eigenvalue weighted by molar-refractivity contribution is 0.0730. The molecule has 0 spiro atoms. The summed E-state index contributed by atoms with van der Waals surface area (Å²) >= 11 is 0. The molecule has 3 N–H and O–H groups in total. The molecular formula is C14H16FN3O4. The third kappa shape index (κ3) is 3.00. The van der Waals surface area contributed by atoms with E-state index in [1.807, 2.05) is 6.92 Å². The second-order valence-electron chi connectivity index (χ2n) is 5.00. The minimum absolute atomic E-state index is 0.170. The number of carbonyl (C=O) groups excluding carboxylic acids is 1. The molecular weight excluding hydrogens is 293 g/mol. The second-order valence-corrected chi connectivity index (χ2v) is 5.00. The predicted molar refractivity (Wildman–Crippen MR) is 74.8 cm³/mol. The molecule has 0 aliphatic heterocycles. The second kappa shape index (κ2) is 6.00. The van der Waals surface area contributed by atoms with E-state index < -0.39 is 29.7 Å². The van der Waals surface area contributed by atoms with Gasteiger partial charge in [-0.25, -0.2) is 19.1 Å². The molecule has 2 aromatic rings. The summed E-state index contributed by atoms with van der Waals surface area (Å²) in [4.78, 5) is 22.2. The molecule has 0 saturated heterocycles. The van der Waals surface area contributed by atoms with Crippen LogP contribution in [0.15, 0.2) is 21.3 Å². The highest BCUT2D eigenvalue weighted by atomic mass is 19.1. The van der Waals surface area contributed by atoms with Gasteiger partial charge >= 0.3 is 11.8 Å². The van der Waals surface area contributed by atoms with Gasteiger partial charge in [0, 0.05) is 5.92 Å². The predicted octanol–water partition coefficient (Wildman–Crippen LogP) is 2.06. The monoisotopic (exact) mass is 309 g/mol. The third-order valence-corrected chi connectivity index (χ3v) is 3.58. The highest BCUT2D eigenvalue weighted by Crippen LogP contribution is 2.36. The molecule has 0 unspecified atom stereocenters. The van der Waals surface area contributed by atoms with E-state index in [1.165, 1.54) is 6.07 Å². The molecule has 22 heavy (non-hydrogen) atoms. The summed E-state index contributed by atoms with van der Waals surface area (Å²) in [6.07, 6.45) is -2.19. The Morgan fingerprint density at radius 2 is 2.14 bits per heavy atom. The third-order valence-electron chi connectivity index (χ3n) is 3.58. The molecule has 0 saturated carbocycles. The van der Waals surface area contributed by atoms with Crippen molar-refractivity contribution in [1.82, 2.24) is 10.2 Å². The van der Waals surface area contributed by atoms with Crippen LogP contribution in [-0.4, -0.2) is 16.3 Å². The van der Waals surface area contributed by atoms with Crippen molar-refractivity contribution in [3.05, 3.63) is 51.1 Å². The van der Waals surface area contributed by atoms with E-state index in [0.29, 0.717) is 11.1 Å². The van der Waals surface area contributed by atoms with Crippen molar-refractivity contribution < 1.29 is 18.3 Å². The first-order chi connectivity index (χ1) is 10.3. The van der Waals surface area contributed by atoms with Gasteiger partial charge in [0.05, 0.1) is 0 Å². The first-order valence-corrected chi connectivity index (χ1v) is 6.58. The number of nitrogens with one attached hydrogen (secondary N) is 1. The van der Waals surface area contributed by atoms with Crippen molar-refractivity contribution in [3.63, 3.8) is 0 Å². The van der Waals surface area contributed by atoms with Crippen molar-refractivity contribution in [2.75, 3.05) is 0 Å². The number of benzene rings is 1. The first-order valence-electron chi connectivity index (χ1n) is 6.58. The Bertz CT molecular complexity index is 753. The molecule has 1 aromatic carbocycles. The maximum atomic E-state index is 14.2. The van der Waals surface area contributed by atoms with Crippen LogP contribution >= 0.6 is 0 Å². The number of hydrogen-bond donors (Lipinski definition) is 2. The van der Waals surface area contributed by atoms with Crippen molar-refractivity contribution in [2.24, 2.45) is 5.73 Å². The maximum absolute atomic E-state index is 14.2. The number of aromatic amines is 1. The number of rotatable bonds is 4. The number of carbonyl (C=O) groups is 1. The Kier molecular flexibility index (Phi) is 4.30. The fourth-order valence-electron chi connectivity index (χ4n) is 2.37. The number of primary amides is 1. The Balaban J connectivity index is 2.50. The van der Waals surface area contributed by atoms with E-state index in [9.17, 15) is 14.0 Å². The smallest absolute Gasteiger partial charge is 0.434 e. The number of hydrogen-bond acceptors (Lipinski definition) is 5. The van der Waals surface area contributed by atoms with Crippen LogP contribution in [-0.2, 0) is 4.74 Å². The van der Waals surface area contributed by atoms with Crippen LogP contribution in [0.2, 0.25) is 0 Å². The molecule has 8 heteroatoms. The van der Waals surface area contributed by atoms with Gasteiger partial charge < -0.3 is 14.9 Å². The highest BCUT2D eigenvalue weighted by molar-refractivity contribution is 5.65. The number of aryl methyl sites for hydroxylation is 1. The van der Waals surface area contributed by atoms with Crippen LogP contribution in [0.4, 0.5) is 9.18 Å². The topological polar surface area (TPSA) is 111 Å². The van der Waals surface area contributed by atoms with E-state index in [4.69, 9.17) is 14.9 Å². The Morgan fingerprint density at radius 1 is 1.45 bits per heavy atom. The van der Waals surface area contributed by atoms with E-state index in [0.717, 1.165) is 5.56 Å². The van der Waals surface area contributed by atoms with Gasteiger partial charge in [-0.05, 0) is 36.6 Å². The molecule has 0 aliphatic carbocycles. The fourth-order valence-corrected chi connectivity index (χ4v) is 2.37. The average Bonchev–Trinajstić information content (AvgIpc) is 2.86. The summed E-state index contributed by atoms with van der Waals surface area (Å²) in [5, 5.41) is 5.71. The van der Waals surface area contributed by atoms with Crippen LogP contribution in [0.1, 0.15) is 41.5 Å². The van der Waals surface area contributed by atoms with Gasteiger partial charge in [0.2, 0.25) is 0 Å². The molecule has 0 bridgehead atoms. The van der Waals surface area contributed by atoms with Crippen LogP contribution in [0.25, 0.3) is 0 Å². The van der Waals surface area contributed by atoms with Gasteiger partial charge in [0.15, 0.2) is 6.10 Å². The summed E-state index contributed by atoms with van der Waals surface area (Å²) in [5.41, 5.74) is 6.98. The standard InChI is InChI=1S/C14H16FN3O4/c1-6-4-5-9(15)10(7(6)2)8(3)11(21-13(16)19)12-17-18-14(20)22-12/h4-5,8,11H,1-3H3,(H2,16,19)(H,18,20)/t8-,11+/m1/s1. The zero-order chi connectivity index (χ0) is 16.4. The normalized spacial score (nSPS) is 13.6. The minimum Gasteiger partial charge on any atom is -0.436 e. The SMILES string of the molecule is Cc1ccc(F)c([C@@H](C)[C@H](OC(N)=O)c2n[nH]c(=O)o2)c1C. The van der Waals surface area contributed by atoms with Crippen LogP contribution < -0.4 is 11.5 Å². The number of nitrogens with two attached hydrogens (primary N) is 1. The average molecular weight is 309 g/mol. The van der Waals surface area contributed by atoms with Crippen molar-refractivity contribution in [3.8, 4) is 0 Å². The zero-order valence-electron chi connectivity index (χ0n) is 12.3. The Morgan fingerprint density at radius 3 is 2.68 bits per heavy atom. The summed E-state index contributed by atoms with van der Waals surface area (Å²) in [5.74, 6) is -2.08. The van der Waals surface area contributed by atoms with Gasteiger partial charge in [0.1, 0.15) is 5.82 Å². The summed E-state index contributed by atoms with van der Waals surface area (Å²) in [7, 11) is 0. The van der Waals surface area contributed by atoms with Gasteiger partial charge in [0.25, 0.3) is 5.89 Å². The van der Waals surface area contributed by atoms with Crippen molar-refractivity contribution >= 4 is 6.09 Å². The van der Waals surface area contributed by atoms with Gasteiger partial charge in [-0.3, -0.25) is 0 Å². The molecule has 0 radical (unpaired) electrons. The number of ether oxygens (including phenoxy) is 1. The van der Waals surface area contributed by atoms with Crippen LogP contribution in [0, 0.1) is 19.7 Å². The van der Waals surface area contributed by atoms with E-state index in [-0.39, 0.29) is 5.89 Å². The number of nitrogens with zero attached hydrogens (tertiary/aromatic N) is 1. The molecule has 7 nitrogen and oxygen atoms in total. The van der Waals surface area contributed by atoms with E-state index in [2.05, 4.69) is 10.2 Å². The zero-order valence-corrected chi connectivity index (χ0v) is 12.3. The van der Waals surface area contributed by atoms with Gasteiger partial charge in [-0.15, -0.1) is 5.10 Å². The summed E-state index contributed by atoms with van der Waals surface area (Å²) in [6, 6.07) is 2.98. The first kappa shape index (κ1) is 15.7. The number of H-pyrrole nitrogens is 1. The lowest BCUT2D eigenvalue weighted by atomic mass is 9.89. The fraction of sp³-hybridized carbons (Fsp3) is 0.357. The molecule has 2 atom stereocenters. The van der Waals surface area contributed by atoms with E-state index in [1.54, 1.807) is 19.9 Å². The Hall–Kier alpha value is -2.64. The largest absolute Gasteiger partial charge is 0.436 e. The summed E-state index contributed by atoms with van der Waals surface area (Å²) < 4.78 is 24.0. The quantitative estimate of drug-likeness (QED) is 0.898. The number of aromatic nitrogens is 2. The maximum Gasteiger partial charge on any atom is 0.434 e. The number of amides is 1. The van der Waals surface area contributed by atoms with Gasteiger partial charge in [-0.1, -0.05) is 13.0 Å². The molecule has 0 aliphatic rings. The highest BCUT2D eigenvalue weighted by Gasteiger charge is 2.32. The van der Waals surface area contributed by atoms with Crippen molar-refractivity contribution in [1.29, 1.82) is 0 Å². The van der Waals surface area contributed by atoms with Crippen LogP contribution in [0.5, 0.6) is 0 Å². The Labute approximate surface area is 125 Å². The minimum atomic E-state index is -1.12. The van der Waals surface area contributed by atoms with Gasteiger partial charge in [-0.2, -0.15) is 0 Å². The molecule has 1 heterocycles. The molecule has 0 fully saturated rings. The molecule has 1 aromatic heterocycles. The van der Waals surface area contributed by atoms with E-state index >= 15 is 0 Å². The molecule has 1 amide bonds. The lowest BCUT2D eigenvalue weighted by Gasteiger charge is -2.23. The van der Waals surface area contributed by atoms with Crippen molar-refractivity contribution in [2.45, 2.75) is 32.8 Å². The summed E-state index contributed by atoms with van der Waals surface area (Å²) in [6.45, 7) is 5.23. The van der Waals surface area contributed by atoms with Crippen LogP contribution in [0.3, 0.4) is 0 Å².